The lowest BCUT2D eigenvalue weighted by Gasteiger charge is -2.36. The van der Waals surface area contributed by atoms with Crippen molar-refractivity contribution in [3.8, 4) is 11.8 Å². The molecule has 1 heterocycles. The van der Waals surface area contributed by atoms with E-state index in [0.717, 1.165) is 0 Å². The summed E-state index contributed by atoms with van der Waals surface area (Å²) in [7, 11) is -2.07. The molecule has 1 atom stereocenters. The molecule has 1 saturated heterocycles. The summed E-state index contributed by atoms with van der Waals surface area (Å²) in [6.45, 7) is 1.41. The summed E-state index contributed by atoms with van der Waals surface area (Å²) in [5, 5.41) is 9.53. The van der Waals surface area contributed by atoms with Gasteiger partial charge >= 0.3 is 0 Å². The molecule has 1 aliphatic heterocycles. The van der Waals surface area contributed by atoms with Gasteiger partial charge in [0.2, 0.25) is 10.0 Å². The molecule has 0 amide bonds. The Hall–Kier alpha value is -2.47. The van der Waals surface area contributed by atoms with Gasteiger partial charge in [-0.25, -0.2) is 12.8 Å². The van der Waals surface area contributed by atoms with E-state index in [2.05, 4.69) is 6.07 Å². The molecule has 0 aliphatic carbocycles. The first-order valence-electron chi connectivity index (χ1n) is 8.49. The number of nitriles is 1. The van der Waals surface area contributed by atoms with Gasteiger partial charge in [0.1, 0.15) is 17.6 Å². The molecule has 1 fully saturated rings. The molecule has 0 aromatic heterocycles. The first kappa shape index (κ1) is 19.3. The summed E-state index contributed by atoms with van der Waals surface area (Å²) in [5.41, 5.74) is 0.699. The quantitative estimate of drug-likeness (QED) is 0.785. The largest absolute Gasteiger partial charge is 0.497 e. The number of piperazine rings is 1. The highest BCUT2D eigenvalue weighted by Gasteiger charge is 2.31. The first-order chi connectivity index (χ1) is 13.0. The molecule has 142 valence electrons. The predicted octanol–water partition coefficient (Wildman–Crippen LogP) is 2.41. The second-order valence-corrected chi connectivity index (χ2v) is 8.14. The lowest BCUT2D eigenvalue weighted by molar-refractivity contribution is 0.162. The van der Waals surface area contributed by atoms with Crippen LogP contribution >= 0.6 is 0 Å². The fraction of sp³-hybridized carbons (Fsp3) is 0.316. The molecular formula is C19H20FN3O3S. The van der Waals surface area contributed by atoms with Crippen molar-refractivity contribution in [3.05, 3.63) is 59.9 Å². The lowest BCUT2D eigenvalue weighted by atomic mass is 10.1. The second kappa shape index (κ2) is 8.05. The summed E-state index contributed by atoms with van der Waals surface area (Å²) in [6.07, 6.45) is 0. The SMILES string of the molecule is COc1ccc(S(=O)(=O)N2CCN([C@@H](C#N)c3ccc(F)cc3)CC2)cc1. The predicted molar refractivity (Wildman–Crippen MR) is 98.1 cm³/mol. The molecule has 1 aliphatic rings. The van der Waals surface area contributed by atoms with Crippen molar-refractivity contribution in [1.29, 1.82) is 5.26 Å². The second-order valence-electron chi connectivity index (χ2n) is 6.20. The van der Waals surface area contributed by atoms with Gasteiger partial charge in [-0.05, 0) is 42.0 Å². The molecule has 8 heteroatoms. The third-order valence-corrected chi connectivity index (χ3v) is 6.56. The van der Waals surface area contributed by atoms with E-state index in [-0.39, 0.29) is 23.8 Å². The topological polar surface area (TPSA) is 73.6 Å². The Labute approximate surface area is 158 Å². The van der Waals surface area contributed by atoms with E-state index in [4.69, 9.17) is 4.74 Å². The van der Waals surface area contributed by atoms with Gasteiger partial charge in [0.15, 0.2) is 0 Å². The molecule has 2 aromatic carbocycles. The standard InChI is InChI=1S/C19H20FN3O3S/c1-26-17-6-8-18(9-7-17)27(24,25)23-12-10-22(11-13-23)19(14-21)15-2-4-16(20)5-3-15/h2-9,19H,10-13H2,1H3/t19-/m0/s1. The van der Waals surface area contributed by atoms with Crippen LogP contribution in [0.5, 0.6) is 5.75 Å². The zero-order valence-corrected chi connectivity index (χ0v) is 15.7. The van der Waals surface area contributed by atoms with Gasteiger partial charge in [0, 0.05) is 26.2 Å². The van der Waals surface area contributed by atoms with Crippen LogP contribution in [0.2, 0.25) is 0 Å². The summed E-state index contributed by atoms with van der Waals surface area (Å²) in [4.78, 5) is 2.12. The Morgan fingerprint density at radius 1 is 1.04 bits per heavy atom. The molecule has 27 heavy (non-hydrogen) atoms. The number of halogens is 1. The van der Waals surface area contributed by atoms with Gasteiger partial charge in [-0.3, -0.25) is 4.90 Å². The highest BCUT2D eigenvalue weighted by atomic mass is 32.2. The maximum atomic E-state index is 13.1. The number of hydrogen-bond acceptors (Lipinski definition) is 5. The van der Waals surface area contributed by atoms with Crippen LogP contribution in [0.25, 0.3) is 0 Å². The van der Waals surface area contributed by atoms with Crippen LogP contribution in [0.4, 0.5) is 4.39 Å². The van der Waals surface area contributed by atoms with E-state index >= 15 is 0 Å². The maximum absolute atomic E-state index is 13.1. The van der Waals surface area contributed by atoms with Crippen molar-refractivity contribution in [2.75, 3.05) is 33.3 Å². The highest BCUT2D eigenvalue weighted by molar-refractivity contribution is 7.89. The normalized spacial score (nSPS) is 17.2. The van der Waals surface area contributed by atoms with Gasteiger partial charge in [-0.15, -0.1) is 0 Å². The molecule has 0 bridgehead atoms. The lowest BCUT2D eigenvalue weighted by Crippen LogP contribution is -2.49. The van der Waals surface area contributed by atoms with E-state index in [1.807, 2.05) is 4.90 Å². The summed E-state index contributed by atoms with van der Waals surface area (Å²) in [5.74, 6) is 0.237. The third-order valence-electron chi connectivity index (χ3n) is 4.64. The van der Waals surface area contributed by atoms with Crippen LogP contribution in [-0.2, 0) is 10.0 Å². The fourth-order valence-corrected chi connectivity index (χ4v) is 4.53. The Kier molecular flexibility index (Phi) is 5.75. The Bertz CT molecular complexity index is 916. The van der Waals surface area contributed by atoms with Crippen LogP contribution in [0.15, 0.2) is 53.4 Å². The third kappa shape index (κ3) is 4.11. The van der Waals surface area contributed by atoms with Gasteiger partial charge in [-0.2, -0.15) is 9.57 Å². The smallest absolute Gasteiger partial charge is 0.243 e. The van der Waals surface area contributed by atoms with E-state index in [1.165, 1.54) is 35.7 Å². The number of ether oxygens (including phenoxy) is 1. The monoisotopic (exact) mass is 389 g/mol. The molecule has 0 saturated carbocycles. The van der Waals surface area contributed by atoms with Gasteiger partial charge in [0.05, 0.1) is 18.1 Å². The van der Waals surface area contributed by atoms with Crippen molar-refractivity contribution in [1.82, 2.24) is 9.21 Å². The number of rotatable bonds is 5. The van der Waals surface area contributed by atoms with Gasteiger partial charge in [0.25, 0.3) is 0 Å². The minimum Gasteiger partial charge on any atom is -0.497 e. The first-order valence-corrected chi connectivity index (χ1v) is 9.93. The summed E-state index contributed by atoms with van der Waals surface area (Å²) in [6, 6.07) is 13.8. The molecule has 0 spiro atoms. The number of benzene rings is 2. The van der Waals surface area contributed by atoms with Crippen molar-refractivity contribution >= 4 is 10.0 Å². The Morgan fingerprint density at radius 3 is 2.15 bits per heavy atom. The van der Waals surface area contributed by atoms with Crippen molar-refractivity contribution < 1.29 is 17.5 Å². The van der Waals surface area contributed by atoms with Gasteiger partial charge in [-0.1, -0.05) is 12.1 Å². The Morgan fingerprint density at radius 2 is 1.63 bits per heavy atom. The van der Waals surface area contributed by atoms with E-state index in [9.17, 15) is 18.1 Å². The van der Waals surface area contributed by atoms with Crippen LogP contribution in [0.1, 0.15) is 11.6 Å². The molecule has 3 rings (SSSR count). The zero-order valence-electron chi connectivity index (χ0n) is 14.9. The van der Waals surface area contributed by atoms with E-state index < -0.39 is 16.1 Å². The molecule has 6 nitrogen and oxygen atoms in total. The molecule has 0 unspecified atom stereocenters. The zero-order chi connectivity index (χ0) is 19.4. The summed E-state index contributed by atoms with van der Waals surface area (Å²) < 4.78 is 45.2. The van der Waals surface area contributed by atoms with Crippen LogP contribution in [0.3, 0.4) is 0 Å². The average Bonchev–Trinajstić information content (AvgIpc) is 2.70. The number of methoxy groups -OCH3 is 1. The Balaban J connectivity index is 1.70. The minimum absolute atomic E-state index is 0.215. The average molecular weight is 389 g/mol. The highest BCUT2D eigenvalue weighted by Crippen LogP contribution is 2.25. The molecular weight excluding hydrogens is 369 g/mol. The summed E-state index contributed by atoms with van der Waals surface area (Å²) >= 11 is 0. The van der Waals surface area contributed by atoms with Gasteiger partial charge < -0.3 is 4.74 Å². The fourth-order valence-electron chi connectivity index (χ4n) is 3.11. The number of nitrogens with zero attached hydrogens (tertiary/aromatic N) is 3. The van der Waals surface area contributed by atoms with Crippen LogP contribution in [0, 0.1) is 17.1 Å². The van der Waals surface area contributed by atoms with Crippen molar-refractivity contribution in [2.45, 2.75) is 10.9 Å². The van der Waals surface area contributed by atoms with Crippen molar-refractivity contribution in [3.63, 3.8) is 0 Å². The molecule has 0 radical (unpaired) electrons. The minimum atomic E-state index is -3.59. The molecule has 2 aromatic rings. The van der Waals surface area contributed by atoms with E-state index in [1.54, 1.807) is 24.3 Å². The number of sulfonamides is 1. The maximum Gasteiger partial charge on any atom is 0.243 e. The van der Waals surface area contributed by atoms with E-state index in [0.29, 0.717) is 24.4 Å². The van der Waals surface area contributed by atoms with Crippen LogP contribution < -0.4 is 4.74 Å². The molecule has 0 N–H and O–H groups in total. The van der Waals surface area contributed by atoms with Crippen molar-refractivity contribution in [2.24, 2.45) is 0 Å². The number of hydrogen-bond donors (Lipinski definition) is 0. The van der Waals surface area contributed by atoms with Crippen LogP contribution in [-0.4, -0.2) is 50.9 Å².